The molecule has 5 rings (SSSR count). The van der Waals surface area contributed by atoms with Crippen LogP contribution in [-0.2, 0) is 16.0 Å². The number of ether oxygens (including phenoxy) is 2. The SMILES string of the molecule is CC(COc1ccc(C#CC2(O)CC3(COC3)C2)cc1N(C)C=O)NC(=O)n1cc(Cc2ccc(F)cc2)cn1. The van der Waals surface area contributed by atoms with Crippen LogP contribution in [-0.4, -0.2) is 65.8 Å². The molecule has 1 aliphatic carbocycles. The fourth-order valence-electron chi connectivity index (χ4n) is 5.04. The summed E-state index contributed by atoms with van der Waals surface area (Å²) in [7, 11) is 1.61. The molecular weight excluding hydrogens is 515 g/mol. The monoisotopic (exact) mass is 546 g/mol. The van der Waals surface area contributed by atoms with Crippen LogP contribution in [0, 0.1) is 23.1 Å². The van der Waals surface area contributed by atoms with Gasteiger partial charge in [-0.3, -0.25) is 4.79 Å². The molecule has 0 bridgehead atoms. The van der Waals surface area contributed by atoms with Crippen molar-refractivity contribution in [3.8, 4) is 17.6 Å². The van der Waals surface area contributed by atoms with Crippen LogP contribution in [0.4, 0.5) is 14.9 Å². The predicted octanol–water partition coefficient (Wildman–Crippen LogP) is 3.12. The van der Waals surface area contributed by atoms with Gasteiger partial charge >= 0.3 is 6.03 Å². The van der Waals surface area contributed by atoms with E-state index in [1.54, 1.807) is 56.7 Å². The first-order valence-corrected chi connectivity index (χ1v) is 13.0. The molecule has 9 nitrogen and oxygen atoms in total. The molecule has 0 radical (unpaired) electrons. The van der Waals surface area contributed by atoms with Gasteiger partial charge in [0.15, 0.2) is 0 Å². The van der Waals surface area contributed by atoms with Gasteiger partial charge in [-0.15, -0.1) is 0 Å². The lowest BCUT2D eigenvalue weighted by molar-refractivity contribution is -0.219. The zero-order chi connectivity index (χ0) is 28.3. The maximum absolute atomic E-state index is 13.1. The van der Waals surface area contributed by atoms with Crippen LogP contribution < -0.4 is 15.0 Å². The molecule has 2 aliphatic rings. The van der Waals surface area contributed by atoms with E-state index < -0.39 is 11.6 Å². The van der Waals surface area contributed by atoms with E-state index in [0.29, 0.717) is 55.9 Å². The first-order chi connectivity index (χ1) is 19.2. The Balaban J connectivity index is 1.17. The molecule has 2 heterocycles. The maximum atomic E-state index is 13.1. The quantitative estimate of drug-likeness (QED) is 0.332. The van der Waals surface area contributed by atoms with Crippen molar-refractivity contribution in [1.82, 2.24) is 15.1 Å². The number of nitrogens with zero attached hydrogens (tertiary/aromatic N) is 3. The highest BCUT2D eigenvalue weighted by atomic mass is 19.1. The zero-order valence-corrected chi connectivity index (χ0v) is 22.4. The molecule has 1 saturated carbocycles. The molecule has 2 aromatic carbocycles. The van der Waals surface area contributed by atoms with Gasteiger partial charge in [0, 0.05) is 30.6 Å². The third kappa shape index (κ3) is 6.17. The smallest absolute Gasteiger partial charge is 0.342 e. The Morgan fingerprint density at radius 1 is 1.27 bits per heavy atom. The number of aromatic nitrogens is 2. The molecule has 3 aromatic rings. The average Bonchev–Trinajstić information content (AvgIpc) is 3.38. The molecule has 2 amide bonds. The number of anilines is 1. The second kappa shape index (κ2) is 11.1. The lowest BCUT2D eigenvalue weighted by Crippen LogP contribution is -2.60. The highest BCUT2D eigenvalue weighted by molar-refractivity contribution is 5.79. The summed E-state index contributed by atoms with van der Waals surface area (Å²) in [5.41, 5.74) is 1.96. The van der Waals surface area contributed by atoms with E-state index in [4.69, 9.17) is 9.47 Å². The van der Waals surface area contributed by atoms with E-state index in [0.717, 1.165) is 11.1 Å². The van der Waals surface area contributed by atoms with Crippen molar-refractivity contribution in [2.75, 3.05) is 31.8 Å². The normalized spacial score (nSPS) is 17.0. The van der Waals surface area contributed by atoms with E-state index in [2.05, 4.69) is 22.3 Å². The van der Waals surface area contributed by atoms with Crippen LogP contribution >= 0.6 is 0 Å². The molecule has 1 spiro atoms. The first kappa shape index (κ1) is 27.4. The summed E-state index contributed by atoms with van der Waals surface area (Å²) in [6.07, 6.45) is 5.63. The third-order valence-corrected chi connectivity index (χ3v) is 7.11. The van der Waals surface area contributed by atoms with Crippen molar-refractivity contribution in [2.24, 2.45) is 5.41 Å². The van der Waals surface area contributed by atoms with Gasteiger partial charge in [0.25, 0.3) is 0 Å². The maximum Gasteiger partial charge on any atom is 0.342 e. The molecule has 1 atom stereocenters. The van der Waals surface area contributed by atoms with Gasteiger partial charge in [0.05, 0.1) is 31.1 Å². The Bertz CT molecular complexity index is 1450. The molecule has 1 saturated heterocycles. The topological polar surface area (TPSA) is 106 Å². The minimum absolute atomic E-state index is 0.0832. The number of hydrogen-bond acceptors (Lipinski definition) is 6. The average molecular weight is 547 g/mol. The Hall–Kier alpha value is -4.20. The van der Waals surface area contributed by atoms with E-state index in [1.807, 2.05) is 0 Å². The summed E-state index contributed by atoms with van der Waals surface area (Å²) in [6.45, 7) is 3.29. The minimum atomic E-state index is -1.01. The number of benzene rings is 2. The van der Waals surface area contributed by atoms with Crippen molar-refractivity contribution < 1.29 is 28.6 Å². The lowest BCUT2D eigenvalue weighted by Gasteiger charge is -2.55. The van der Waals surface area contributed by atoms with E-state index >= 15 is 0 Å². The second-order valence-electron chi connectivity index (χ2n) is 10.8. The summed E-state index contributed by atoms with van der Waals surface area (Å²) >= 11 is 0. The van der Waals surface area contributed by atoms with Crippen molar-refractivity contribution in [1.29, 1.82) is 0 Å². The summed E-state index contributed by atoms with van der Waals surface area (Å²) < 4.78 is 25.6. The van der Waals surface area contributed by atoms with Crippen molar-refractivity contribution in [2.45, 2.75) is 37.8 Å². The Labute approximate surface area is 231 Å². The highest BCUT2D eigenvalue weighted by Crippen LogP contribution is 2.52. The molecule has 1 aliphatic heterocycles. The van der Waals surface area contributed by atoms with Crippen LogP contribution in [0.1, 0.15) is 36.5 Å². The van der Waals surface area contributed by atoms with Crippen LogP contribution in [0.15, 0.2) is 54.9 Å². The molecular formula is C30H31FN4O5. The van der Waals surface area contributed by atoms with Gasteiger partial charge in [0.2, 0.25) is 6.41 Å². The molecule has 208 valence electrons. The number of carbonyl (C=O) groups excluding carboxylic acids is 2. The highest BCUT2D eigenvalue weighted by Gasteiger charge is 2.57. The number of nitrogens with one attached hydrogen (secondary N) is 1. The van der Waals surface area contributed by atoms with E-state index in [-0.39, 0.29) is 23.9 Å². The Kier molecular flexibility index (Phi) is 7.61. The predicted molar refractivity (Wildman–Crippen MR) is 146 cm³/mol. The van der Waals surface area contributed by atoms with Crippen LogP contribution in [0.2, 0.25) is 0 Å². The van der Waals surface area contributed by atoms with Crippen LogP contribution in [0.5, 0.6) is 5.75 Å². The Morgan fingerprint density at radius 2 is 2.02 bits per heavy atom. The van der Waals surface area contributed by atoms with Gasteiger partial charge in [-0.2, -0.15) is 9.78 Å². The second-order valence-corrected chi connectivity index (χ2v) is 10.8. The fraction of sp³-hybridized carbons (Fsp3) is 0.367. The van der Waals surface area contributed by atoms with Crippen molar-refractivity contribution in [3.05, 3.63) is 77.4 Å². The molecule has 2 N–H and O–H groups in total. The number of aliphatic hydroxyl groups is 1. The Morgan fingerprint density at radius 3 is 2.70 bits per heavy atom. The summed E-state index contributed by atoms with van der Waals surface area (Å²) in [6, 6.07) is 10.6. The van der Waals surface area contributed by atoms with E-state index in [9.17, 15) is 19.1 Å². The summed E-state index contributed by atoms with van der Waals surface area (Å²) in [5, 5.41) is 17.6. The fourth-order valence-corrected chi connectivity index (χ4v) is 5.04. The largest absolute Gasteiger partial charge is 0.489 e. The number of carbonyl (C=O) groups is 2. The van der Waals surface area contributed by atoms with E-state index in [1.165, 1.54) is 21.7 Å². The minimum Gasteiger partial charge on any atom is -0.489 e. The van der Waals surface area contributed by atoms with Crippen molar-refractivity contribution in [3.63, 3.8) is 0 Å². The standard InChI is InChI=1S/C30H31FN4O5/c1-21(33-28(37)35-14-24(13-32-35)11-22-3-6-25(31)7-4-22)15-40-27-8-5-23(12-26(27)34(2)20-36)9-10-30(38)16-29(17-30)18-39-19-29/h3-8,12-14,20-21,38H,11,15-19H2,1-2H3,(H,33,37). The van der Waals surface area contributed by atoms with Crippen LogP contribution in [0.25, 0.3) is 0 Å². The number of halogens is 1. The molecule has 10 heteroatoms. The molecule has 40 heavy (non-hydrogen) atoms. The molecule has 2 fully saturated rings. The van der Waals surface area contributed by atoms with Gasteiger partial charge in [-0.1, -0.05) is 24.0 Å². The third-order valence-electron chi connectivity index (χ3n) is 7.11. The van der Waals surface area contributed by atoms with Crippen molar-refractivity contribution >= 4 is 18.1 Å². The lowest BCUT2D eigenvalue weighted by atomic mass is 9.58. The van der Waals surface area contributed by atoms with Gasteiger partial charge in [-0.25, -0.2) is 9.18 Å². The van der Waals surface area contributed by atoms with Gasteiger partial charge in [0.1, 0.15) is 23.8 Å². The first-order valence-electron chi connectivity index (χ1n) is 13.0. The van der Waals surface area contributed by atoms with Gasteiger partial charge in [-0.05, 0) is 61.2 Å². The molecule has 1 unspecified atom stereocenters. The van der Waals surface area contributed by atoms with Crippen LogP contribution in [0.3, 0.4) is 0 Å². The summed E-state index contributed by atoms with van der Waals surface area (Å²) in [5.74, 6) is 6.15. The summed E-state index contributed by atoms with van der Waals surface area (Å²) in [4.78, 5) is 25.6. The zero-order valence-electron chi connectivity index (χ0n) is 22.4. The molecule has 1 aromatic heterocycles. The number of hydrogen-bond donors (Lipinski definition) is 2. The number of amides is 2. The van der Waals surface area contributed by atoms with Gasteiger partial charge < -0.3 is 24.8 Å². The number of rotatable bonds is 8.